The van der Waals surface area contributed by atoms with E-state index in [-0.39, 0.29) is 10.8 Å². The van der Waals surface area contributed by atoms with Gasteiger partial charge in [0, 0.05) is 18.0 Å². The molecular weight excluding hydrogens is 384 g/mol. The van der Waals surface area contributed by atoms with Crippen molar-refractivity contribution in [1.29, 1.82) is 0 Å². The Morgan fingerprint density at radius 3 is 2.52 bits per heavy atom. The molecule has 0 unspecified atom stereocenters. The second kappa shape index (κ2) is 8.22. The van der Waals surface area contributed by atoms with Gasteiger partial charge in [-0.15, -0.1) is 11.8 Å². The van der Waals surface area contributed by atoms with E-state index >= 15 is 0 Å². The molecule has 1 heterocycles. The maximum atomic E-state index is 12.9. The number of rotatable bonds is 6. The van der Waals surface area contributed by atoms with Crippen LogP contribution in [0.2, 0.25) is 0 Å². The maximum absolute atomic E-state index is 12.9. The largest absolute Gasteiger partial charge is 0.495 e. The van der Waals surface area contributed by atoms with Crippen molar-refractivity contribution in [2.75, 3.05) is 31.2 Å². The number of para-hydroxylation sites is 2. The summed E-state index contributed by atoms with van der Waals surface area (Å²) in [4.78, 5) is 15.4. The highest BCUT2D eigenvalue weighted by Gasteiger charge is 2.25. The first kappa shape index (κ1) is 19.6. The zero-order valence-electron chi connectivity index (χ0n) is 15.3. The van der Waals surface area contributed by atoms with Gasteiger partial charge in [0.1, 0.15) is 5.75 Å². The molecule has 1 aliphatic rings. The summed E-state index contributed by atoms with van der Waals surface area (Å²) in [7, 11) is -2.38. The van der Waals surface area contributed by atoms with Crippen LogP contribution in [0, 0.1) is 0 Å². The fraction of sp³-hybridized carbons (Fsp3) is 0.316. The molecule has 1 fully saturated rings. The molecule has 0 aliphatic carbocycles. The van der Waals surface area contributed by atoms with Crippen molar-refractivity contribution in [1.82, 2.24) is 4.90 Å². The van der Waals surface area contributed by atoms with Gasteiger partial charge in [0.2, 0.25) is 0 Å². The number of carbonyl (C=O) groups excluding carboxylic acids is 1. The molecule has 1 saturated heterocycles. The first-order chi connectivity index (χ1) is 13.0. The van der Waals surface area contributed by atoms with E-state index in [1.165, 1.54) is 31.0 Å². The smallest absolute Gasteiger partial charge is 0.262 e. The highest BCUT2D eigenvalue weighted by atomic mass is 32.2. The van der Waals surface area contributed by atoms with E-state index in [4.69, 9.17) is 4.74 Å². The van der Waals surface area contributed by atoms with Gasteiger partial charge >= 0.3 is 0 Å². The normalized spacial score (nSPS) is 14.2. The fourth-order valence-electron chi connectivity index (χ4n) is 3.04. The Labute approximate surface area is 164 Å². The van der Waals surface area contributed by atoms with Crippen molar-refractivity contribution in [3.63, 3.8) is 0 Å². The lowest BCUT2D eigenvalue weighted by atomic mass is 10.2. The lowest BCUT2D eigenvalue weighted by Gasteiger charge is -2.18. The van der Waals surface area contributed by atoms with Crippen molar-refractivity contribution in [3.8, 4) is 5.75 Å². The van der Waals surface area contributed by atoms with E-state index in [0.717, 1.165) is 17.7 Å². The van der Waals surface area contributed by atoms with Crippen molar-refractivity contribution in [3.05, 3.63) is 48.0 Å². The van der Waals surface area contributed by atoms with Gasteiger partial charge in [-0.2, -0.15) is 0 Å². The summed E-state index contributed by atoms with van der Waals surface area (Å²) in [5, 5.41) is 0. The summed E-state index contributed by atoms with van der Waals surface area (Å²) >= 11 is 1.43. The van der Waals surface area contributed by atoms with Crippen LogP contribution in [0.5, 0.6) is 5.75 Å². The molecule has 6 nitrogen and oxygen atoms in total. The third-order valence-corrected chi connectivity index (χ3v) is 6.62. The number of anilines is 1. The Hall–Kier alpha value is -2.19. The first-order valence-electron chi connectivity index (χ1n) is 8.59. The third kappa shape index (κ3) is 4.22. The lowest BCUT2D eigenvalue weighted by Crippen LogP contribution is -2.28. The molecule has 0 atom stereocenters. The number of methoxy groups -OCH3 is 1. The summed E-state index contributed by atoms with van der Waals surface area (Å²) in [6, 6.07) is 11.5. The third-order valence-electron chi connectivity index (χ3n) is 4.46. The number of ether oxygens (including phenoxy) is 1. The molecule has 0 aromatic heterocycles. The van der Waals surface area contributed by atoms with Crippen LogP contribution in [-0.4, -0.2) is 45.7 Å². The molecule has 144 valence electrons. The number of nitrogens with one attached hydrogen (secondary N) is 1. The number of sulfonamides is 1. The molecule has 1 aliphatic heterocycles. The van der Waals surface area contributed by atoms with Crippen LogP contribution in [0.15, 0.2) is 52.3 Å². The molecular formula is C19H22N2O4S2. The van der Waals surface area contributed by atoms with E-state index < -0.39 is 10.0 Å². The van der Waals surface area contributed by atoms with Crippen molar-refractivity contribution < 1.29 is 17.9 Å². The van der Waals surface area contributed by atoms with Gasteiger partial charge < -0.3 is 9.64 Å². The van der Waals surface area contributed by atoms with Crippen molar-refractivity contribution in [2.45, 2.75) is 22.6 Å². The number of thioether (sulfide) groups is 1. The monoisotopic (exact) mass is 406 g/mol. The molecule has 1 N–H and O–H groups in total. The zero-order chi connectivity index (χ0) is 19.4. The molecule has 1 amide bonds. The lowest BCUT2D eigenvalue weighted by molar-refractivity contribution is 0.0789. The SMILES string of the molecule is COc1ccccc1NS(=O)(=O)c1ccc(SC)c(C(=O)N2CCCC2)c1. The molecule has 0 radical (unpaired) electrons. The second-order valence-electron chi connectivity index (χ2n) is 6.17. The summed E-state index contributed by atoms with van der Waals surface area (Å²) in [6.45, 7) is 1.42. The molecule has 8 heteroatoms. The van der Waals surface area contributed by atoms with Crippen molar-refractivity contribution in [2.24, 2.45) is 0 Å². The standard InChI is InChI=1S/C19H22N2O4S2/c1-25-17-8-4-3-7-16(17)20-27(23,24)14-9-10-18(26-2)15(13-14)19(22)21-11-5-6-12-21/h3-4,7-10,13,20H,5-6,11-12H2,1-2H3. The van der Waals surface area contributed by atoms with Crippen LogP contribution in [0.3, 0.4) is 0 Å². The van der Waals surface area contributed by atoms with E-state index in [9.17, 15) is 13.2 Å². The average molecular weight is 407 g/mol. The summed E-state index contributed by atoms with van der Waals surface area (Å²) in [5.41, 5.74) is 0.772. The predicted octanol–water partition coefficient (Wildman–Crippen LogP) is 3.45. The minimum Gasteiger partial charge on any atom is -0.495 e. The molecule has 3 rings (SSSR count). The predicted molar refractivity (Wildman–Crippen MR) is 107 cm³/mol. The van der Waals surface area contributed by atoms with E-state index in [0.29, 0.717) is 30.1 Å². The fourth-order valence-corrected chi connectivity index (χ4v) is 4.71. The van der Waals surface area contributed by atoms with Crippen LogP contribution >= 0.6 is 11.8 Å². The van der Waals surface area contributed by atoms with Crippen LogP contribution in [0.1, 0.15) is 23.2 Å². The van der Waals surface area contributed by atoms with Gasteiger partial charge in [-0.25, -0.2) is 8.42 Å². The highest BCUT2D eigenvalue weighted by Crippen LogP contribution is 2.29. The van der Waals surface area contributed by atoms with Crippen LogP contribution in [-0.2, 0) is 10.0 Å². The number of likely N-dealkylation sites (tertiary alicyclic amines) is 1. The van der Waals surface area contributed by atoms with Gasteiger partial charge in [0.15, 0.2) is 0 Å². The van der Waals surface area contributed by atoms with Crippen LogP contribution in [0.4, 0.5) is 5.69 Å². The minimum absolute atomic E-state index is 0.0498. The number of nitrogens with zero attached hydrogens (tertiary/aromatic N) is 1. The maximum Gasteiger partial charge on any atom is 0.262 e. The first-order valence-corrected chi connectivity index (χ1v) is 11.3. The molecule has 0 saturated carbocycles. The van der Waals surface area contributed by atoms with Gasteiger partial charge in [0.05, 0.1) is 23.3 Å². The van der Waals surface area contributed by atoms with E-state index in [1.54, 1.807) is 35.2 Å². The van der Waals surface area contributed by atoms with Gasteiger partial charge in [0.25, 0.3) is 15.9 Å². The summed E-state index contributed by atoms with van der Waals surface area (Å²) in [6.07, 6.45) is 3.83. The van der Waals surface area contributed by atoms with Gasteiger partial charge in [-0.05, 0) is 49.4 Å². The molecule has 0 spiro atoms. The van der Waals surface area contributed by atoms with E-state index in [2.05, 4.69) is 4.72 Å². The topological polar surface area (TPSA) is 75.7 Å². The number of amides is 1. The Morgan fingerprint density at radius 2 is 1.85 bits per heavy atom. The van der Waals surface area contributed by atoms with Gasteiger partial charge in [-0.1, -0.05) is 12.1 Å². The van der Waals surface area contributed by atoms with E-state index in [1.807, 2.05) is 6.26 Å². The van der Waals surface area contributed by atoms with Gasteiger partial charge in [-0.3, -0.25) is 9.52 Å². The number of hydrogen-bond donors (Lipinski definition) is 1. The average Bonchev–Trinajstić information content (AvgIpc) is 3.22. The van der Waals surface area contributed by atoms with Crippen LogP contribution in [0.25, 0.3) is 0 Å². The molecule has 27 heavy (non-hydrogen) atoms. The highest BCUT2D eigenvalue weighted by molar-refractivity contribution is 7.98. The summed E-state index contributed by atoms with van der Waals surface area (Å²) < 4.78 is 33.5. The molecule has 2 aromatic carbocycles. The molecule has 2 aromatic rings. The Bertz CT molecular complexity index is 938. The zero-order valence-corrected chi connectivity index (χ0v) is 16.9. The Balaban J connectivity index is 1.95. The minimum atomic E-state index is -3.86. The number of hydrogen-bond acceptors (Lipinski definition) is 5. The quantitative estimate of drug-likeness (QED) is 0.744. The number of carbonyl (C=O) groups is 1. The Morgan fingerprint density at radius 1 is 1.15 bits per heavy atom. The van der Waals surface area contributed by atoms with Crippen LogP contribution < -0.4 is 9.46 Å². The number of benzene rings is 2. The summed E-state index contributed by atoms with van der Waals surface area (Å²) in [5.74, 6) is 0.307. The molecule has 0 bridgehead atoms. The van der Waals surface area contributed by atoms with Crippen molar-refractivity contribution >= 4 is 33.4 Å². The second-order valence-corrected chi connectivity index (χ2v) is 8.70. The Kier molecular flexibility index (Phi) is 5.96.